The van der Waals surface area contributed by atoms with Crippen molar-refractivity contribution in [3.8, 4) is 11.7 Å². The molecule has 0 atom stereocenters. The van der Waals surface area contributed by atoms with Crippen molar-refractivity contribution in [1.82, 2.24) is 19.4 Å². The molecule has 3 aromatic rings. The van der Waals surface area contributed by atoms with Crippen LogP contribution in [0.4, 0.5) is 0 Å². The van der Waals surface area contributed by atoms with Crippen molar-refractivity contribution in [2.24, 2.45) is 0 Å². The predicted octanol–water partition coefficient (Wildman–Crippen LogP) is 2.45. The Morgan fingerprint density at radius 3 is 2.57 bits per heavy atom. The zero-order valence-electron chi connectivity index (χ0n) is 15.8. The van der Waals surface area contributed by atoms with Crippen molar-refractivity contribution < 1.29 is 17.3 Å². The van der Waals surface area contributed by atoms with Gasteiger partial charge in [0, 0.05) is 26.2 Å². The van der Waals surface area contributed by atoms with Gasteiger partial charge in [-0.1, -0.05) is 12.1 Å². The van der Waals surface area contributed by atoms with E-state index in [2.05, 4.69) is 15.1 Å². The lowest BCUT2D eigenvalue weighted by Crippen LogP contribution is -2.48. The fourth-order valence-electron chi connectivity index (χ4n) is 3.26. The Bertz CT molecular complexity index is 1050. The molecular formula is C19H22N4O4S. The van der Waals surface area contributed by atoms with Crippen molar-refractivity contribution in [3.05, 3.63) is 53.6 Å². The van der Waals surface area contributed by atoms with Gasteiger partial charge in [-0.3, -0.25) is 4.90 Å². The second-order valence-corrected chi connectivity index (χ2v) is 8.83. The van der Waals surface area contributed by atoms with Crippen molar-refractivity contribution in [2.75, 3.05) is 26.2 Å². The van der Waals surface area contributed by atoms with Gasteiger partial charge < -0.3 is 8.83 Å². The average molecular weight is 402 g/mol. The highest BCUT2D eigenvalue weighted by atomic mass is 32.2. The van der Waals surface area contributed by atoms with Gasteiger partial charge in [0.1, 0.15) is 0 Å². The predicted molar refractivity (Wildman–Crippen MR) is 102 cm³/mol. The van der Waals surface area contributed by atoms with Crippen LogP contribution < -0.4 is 0 Å². The standard InChI is InChI=1S/C19H22N4O4S/c1-14-5-6-15(2)17(12-14)28(24,25)23-9-7-22(8-10-23)13-18-20-21-19(27-18)16-4-3-11-26-16/h3-6,11-12H,7-10,13H2,1-2H3. The number of rotatable bonds is 5. The molecule has 148 valence electrons. The van der Waals surface area contributed by atoms with Crippen LogP contribution in [-0.4, -0.2) is 54.0 Å². The van der Waals surface area contributed by atoms with E-state index in [1.165, 1.54) is 0 Å². The van der Waals surface area contributed by atoms with E-state index in [0.717, 1.165) is 11.1 Å². The summed E-state index contributed by atoms with van der Waals surface area (Å²) in [5.41, 5.74) is 1.70. The van der Waals surface area contributed by atoms with E-state index >= 15 is 0 Å². The zero-order valence-corrected chi connectivity index (χ0v) is 16.6. The highest BCUT2D eigenvalue weighted by molar-refractivity contribution is 7.89. The second kappa shape index (κ2) is 7.50. The summed E-state index contributed by atoms with van der Waals surface area (Å²) in [5, 5.41) is 8.05. The van der Waals surface area contributed by atoms with Gasteiger partial charge in [0.2, 0.25) is 15.9 Å². The van der Waals surface area contributed by atoms with Gasteiger partial charge in [0.15, 0.2) is 5.76 Å². The van der Waals surface area contributed by atoms with Crippen molar-refractivity contribution in [2.45, 2.75) is 25.3 Å². The highest BCUT2D eigenvalue weighted by Crippen LogP contribution is 2.23. The first kappa shape index (κ1) is 18.9. The second-order valence-electron chi connectivity index (χ2n) is 6.93. The summed E-state index contributed by atoms with van der Waals surface area (Å²) in [6.45, 7) is 6.26. The van der Waals surface area contributed by atoms with Crippen molar-refractivity contribution in [1.29, 1.82) is 0 Å². The third-order valence-corrected chi connectivity index (χ3v) is 6.89. The van der Waals surface area contributed by atoms with Crippen LogP contribution in [0.25, 0.3) is 11.7 Å². The van der Waals surface area contributed by atoms with Crippen molar-refractivity contribution in [3.63, 3.8) is 0 Å². The summed E-state index contributed by atoms with van der Waals surface area (Å²) < 4.78 is 38.5. The number of aryl methyl sites for hydroxylation is 2. The molecule has 4 rings (SSSR count). The van der Waals surface area contributed by atoms with E-state index in [4.69, 9.17) is 8.83 Å². The van der Waals surface area contributed by atoms with Gasteiger partial charge in [-0.25, -0.2) is 8.42 Å². The third kappa shape index (κ3) is 3.73. The fraction of sp³-hybridized carbons (Fsp3) is 0.368. The Kier molecular flexibility index (Phi) is 5.05. The quantitative estimate of drug-likeness (QED) is 0.647. The number of aromatic nitrogens is 2. The van der Waals surface area contributed by atoms with Crippen LogP contribution in [0.1, 0.15) is 17.0 Å². The van der Waals surface area contributed by atoms with Gasteiger partial charge in [-0.15, -0.1) is 10.2 Å². The molecule has 1 aliphatic rings. The Labute approximate surface area is 163 Å². The summed E-state index contributed by atoms with van der Waals surface area (Å²) in [7, 11) is -3.49. The minimum Gasteiger partial charge on any atom is -0.459 e. The molecule has 1 aliphatic heterocycles. The summed E-state index contributed by atoms with van der Waals surface area (Å²) in [6, 6.07) is 9.03. The molecule has 9 heteroatoms. The van der Waals surface area contributed by atoms with Gasteiger partial charge in [0.25, 0.3) is 5.89 Å². The number of piperazine rings is 1. The highest BCUT2D eigenvalue weighted by Gasteiger charge is 2.30. The Hall–Kier alpha value is -2.49. The van der Waals surface area contributed by atoms with Crippen LogP contribution in [0.2, 0.25) is 0 Å². The minimum atomic E-state index is -3.49. The lowest BCUT2D eigenvalue weighted by molar-refractivity contribution is 0.168. The molecule has 0 saturated carbocycles. The number of furan rings is 1. The van der Waals surface area contributed by atoms with Crippen LogP contribution in [0, 0.1) is 13.8 Å². The number of benzene rings is 1. The van der Waals surface area contributed by atoms with E-state index in [1.54, 1.807) is 28.8 Å². The minimum absolute atomic E-state index is 0.344. The fourth-order valence-corrected chi connectivity index (χ4v) is 4.99. The van der Waals surface area contributed by atoms with Gasteiger partial charge in [-0.05, 0) is 43.2 Å². The largest absolute Gasteiger partial charge is 0.459 e. The third-order valence-electron chi connectivity index (χ3n) is 4.85. The van der Waals surface area contributed by atoms with Crippen LogP contribution in [0.3, 0.4) is 0 Å². The molecule has 3 heterocycles. The van der Waals surface area contributed by atoms with E-state index in [9.17, 15) is 8.42 Å². The van der Waals surface area contributed by atoms with Crippen LogP contribution in [-0.2, 0) is 16.6 Å². The number of nitrogens with zero attached hydrogens (tertiary/aromatic N) is 4. The molecular weight excluding hydrogens is 380 g/mol. The Morgan fingerprint density at radius 2 is 1.86 bits per heavy atom. The van der Waals surface area contributed by atoms with Crippen LogP contribution in [0.5, 0.6) is 0 Å². The molecule has 0 N–H and O–H groups in total. The molecule has 0 unspecified atom stereocenters. The van der Waals surface area contributed by atoms with Gasteiger partial charge in [0.05, 0.1) is 17.7 Å². The SMILES string of the molecule is Cc1ccc(C)c(S(=O)(=O)N2CCN(Cc3nnc(-c4ccco4)o3)CC2)c1. The molecule has 0 spiro atoms. The number of hydrogen-bond donors (Lipinski definition) is 0. The maximum Gasteiger partial charge on any atom is 0.283 e. The molecule has 0 amide bonds. The molecule has 28 heavy (non-hydrogen) atoms. The lowest BCUT2D eigenvalue weighted by Gasteiger charge is -2.33. The molecule has 0 radical (unpaired) electrons. The van der Waals surface area contributed by atoms with E-state index in [0.29, 0.717) is 55.2 Å². The first-order valence-corrected chi connectivity index (χ1v) is 10.5. The normalized spacial score (nSPS) is 16.5. The smallest absolute Gasteiger partial charge is 0.283 e. The number of sulfonamides is 1. The van der Waals surface area contributed by atoms with E-state index < -0.39 is 10.0 Å². The zero-order chi connectivity index (χ0) is 19.7. The van der Waals surface area contributed by atoms with Crippen molar-refractivity contribution >= 4 is 10.0 Å². The summed E-state index contributed by atoms with van der Waals surface area (Å²) in [4.78, 5) is 2.50. The molecule has 1 aromatic carbocycles. The molecule has 2 aromatic heterocycles. The molecule has 8 nitrogen and oxygen atoms in total. The number of hydrogen-bond acceptors (Lipinski definition) is 7. The maximum absolute atomic E-state index is 13.0. The lowest BCUT2D eigenvalue weighted by atomic mass is 10.2. The summed E-state index contributed by atoms with van der Waals surface area (Å²) >= 11 is 0. The topological polar surface area (TPSA) is 92.7 Å². The Morgan fingerprint density at radius 1 is 1.07 bits per heavy atom. The van der Waals surface area contributed by atoms with E-state index in [-0.39, 0.29) is 0 Å². The first-order chi connectivity index (χ1) is 13.4. The molecule has 0 bridgehead atoms. The Balaban J connectivity index is 1.40. The first-order valence-electron chi connectivity index (χ1n) is 9.09. The maximum atomic E-state index is 13.0. The summed E-state index contributed by atoms with van der Waals surface area (Å²) in [6.07, 6.45) is 1.55. The van der Waals surface area contributed by atoms with Crippen LogP contribution >= 0.6 is 0 Å². The monoisotopic (exact) mass is 402 g/mol. The van der Waals surface area contributed by atoms with Gasteiger partial charge in [-0.2, -0.15) is 4.31 Å². The van der Waals surface area contributed by atoms with Crippen LogP contribution in [0.15, 0.2) is 50.3 Å². The average Bonchev–Trinajstić information content (AvgIpc) is 3.36. The molecule has 1 saturated heterocycles. The van der Waals surface area contributed by atoms with E-state index in [1.807, 2.05) is 26.0 Å². The molecule has 1 fully saturated rings. The summed E-state index contributed by atoms with van der Waals surface area (Å²) in [5.74, 6) is 1.36. The van der Waals surface area contributed by atoms with Gasteiger partial charge >= 0.3 is 0 Å². The molecule has 0 aliphatic carbocycles.